The fourth-order valence-electron chi connectivity index (χ4n) is 3.44. The quantitative estimate of drug-likeness (QED) is 0.569. The van der Waals surface area contributed by atoms with Crippen molar-refractivity contribution >= 4 is 12.4 Å². The molecule has 154 valence electrons. The van der Waals surface area contributed by atoms with Crippen LogP contribution < -0.4 is 10.7 Å². The number of pyridine rings is 1. The summed E-state index contributed by atoms with van der Waals surface area (Å²) in [6.07, 6.45) is 0. The summed E-state index contributed by atoms with van der Waals surface area (Å²) in [4.78, 5) is 16.2. The van der Waals surface area contributed by atoms with E-state index in [-0.39, 0.29) is 23.3 Å². The van der Waals surface area contributed by atoms with Crippen LogP contribution in [0.5, 0.6) is 0 Å². The van der Waals surface area contributed by atoms with Gasteiger partial charge in [-0.2, -0.15) is 0 Å². The van der Waals surface area contributed by atoms with Crippen molar-refractivity contribution in [1.29, 1.82) is 0 Å². The topological polar surface area (TPSA) is 44.9 Å². The van der Waals surface area contributed by atoms with Crippen LogP contribution >= 0.6 is 12.4 Å². The van der Waals surface area contributed by atoms with Gasteiger partial charge in [0.2, 0.25) is 0 Å². The van der Waals surface area contributed by atoms with E-state index in [2.05, 4.69) is 68.3 Å². The first kappa shape index (κ1) is 22.9. The van der Waals surface area contributed by atoms with E-state index < -0.39 is 0 Å². The van der Waals surface area contributed by atoms with Crippen LogP contribution in [0.25, 0.3) is 11.3 Å². The number of H-pyrrole nitrogens is 1. The van der Waals surface area contributed by atoms with E-state index in [1.165, 1.54) is 16.7 Å². The zero-order valence-electron chi connectivity index (χ0n) is 17.9. The molecule has 2 aromatic carbocycles. The van der Waals surface area contributed by atoms with Crippen LogP contribution in [0.15, 0.2) is 59.4 Å². The molecule has 0 saturated carbocycles. The summed E-state index contributed by atoms with van der Waals surface area (Å²) >= 11 is 0. The van der Waals surface area contributed by atoms with Gasteiger partial charge in [0.05, 0.1) is 0 Å². The van der Waals surface area contributed by atoms with Crippen LogP contribution in [0.2, 0.25) is 0 Å². The van der Waals surface area contributed by atoms with Crippen molar-refractivity contribution in [2.75, 3.05) is 0 Å². The largest absolute Gasteiger partial charge is 0.358 e. The summed E-state index contributed by atoms with van der Waals surface area (Å²) in [6, 6.07) is 18.4. The summed E-state index contributed by atoms with van der Waals surface area (Å²) in [5.74, 6) is 0. The Bertz CT molecular complexity index is 1020. The summed E-state index contributed by atoms with van der Waals surface area (Å²) in [6.45, 7) is 12.0. The molecular weight excluding hydrogens is 380 g/mol. The number of aromatic nitrogens is 1. The minimum absolute atomic E-state index is 0. The Labute approximate surface area is 180 Å². The van der Waals surface area contributed by atoms with Crippen LogP contribution in [0, 0.1) is 13.8 Å². The number of hydrogen-bond donors (Lipinski definition) is 2. The highest BCUT2D eigenvalue weighted by Crippen LogP contribution is 2.28. The third-order valence-corrected chi connectivity index (χ3v) is 5.20. The van der Waals surface area contributed by atoms with E-state index >= 15 is 0 Å². The lowest BCUT2D eigenvalue weighted by Crippen LogP contribution is -2.21. The highest BCUT2D eigenvalue weighted by atomic mass is 35.5. The maximum Gasteiger partial charge on any atom is 0.186 e. The number of aryl methyl sites for hydroxylation is 2. The molecule has 0 aliphatic heterocycles. The summed E-state index contributed by atoms with van der Waals surface area (Å²) in [5.41, 5.74) is 7.55. The van der Waals surface area contributed by atoms with Crippen molar-refractivity contribution in [1.82, 2.24) is 10.3 Å². The summed E-state index contributed by atoms with van der Waals surface area (Å²) in [7, 11) is 0. The molecule has 0 bridgehead atoms. The average Bonchev–Trinajstić information content (AvgIpc) is 2.64. The predicted molar refractivity (Wildman–Crippen MR) is 125 cm³/mol. The first-order valence-electron chi connectivity index (χ1n) is 9.84. The number of nitrogens with one attached hydrogen (secondary N) is 2. The van der Waals surface area contributed by atoms with Crippen molar-refractivity contribution in [3.05, 3.63) is 92.8 Å². The molecular formula is C25H31ClN2O. The van der Waals surface area contributed by atoms with Gasteiger partial charge in [0, 0.05) is 41.7 Å². The lowest BCUT2D eigenvalue weighted by molar-refractivity contribution is 0.590. The Morgan fingerprint density at radius 2 is 1.62 bits per heavy atom. The molecule has 0 fully saturated rings. The number of aromatic amines is 1. The van der Waals surface area contributed by atoms with Crippen LogP contribution in [0.4, 0.5) is 0 Å². The van der Waals surface area contributed by atoms with Gasteiger partial charge in [-0.15, -0.1) is 12.4 Å². The molecule has 0 aliphatic rings. The number of rotatable bonds is 5. The van der Waals surface area contributed by atoms with E-state index in [0.717, 1.165) is 29.1 Å². The van der Waals surface area contributed by atoms with E-state index in [9.17, 15) is 4.79 Å². The molecule has 0 aliphatic carbocycles. The van der Waals surface area contributed by atoms with Crippen molar-refractivity contribution < 1.29 is 0 Å². The fraction of sp³-hybridized carbons (Fsp3) is 0.320. The molecule has 0 unspecified atom stereocenters. The third kappa shape index (κ3) is 5.59. The molecule has 0 amide bonds. The van der Waals surface area contributed by atoms with Gasteiger partial charge in [0.15, 0.2) is 5.43 Å². The first-order valence-corrected chi connectivity index (χ1v) is 9.84. The van der Waals surface area contributed by atoms with Gasteiger partial charge in [0.1, 0.15) is 0 Å². The second-order valence-electron chi connectivity index (χ2n) is 8.52. The minimum atomic E-state index is 0. The molecule has 2 N–H and O–H groups in total. The molecule has 0 atom stereocenters. The number of benzene rings is 2. The summed E-state index contributed by atoms with van der Waals surface area (Å²) in [5, 5.41) is 3.37. The first-order chi connectivity index (χ1) is 13.3. The normalized spacial score (nSPS) is 11.2. The molecule has 0 radical (unpaired) electrons. The van der Waals surface area contributed by atoms with Crippen molar-refractivity contribution in [3.63, 3.8) is 0 Å². The molecule has 3 rings (SSSR count). The van der Waals surface area contributed by atoms with Crippen molar-refractivity contribution in [2.24, 2.45) is 0 Å². The third-order valence-electron chi connectivity index (χ3n) is 5.20. The van der Waals surface area contributed by atoms with Gasteiger partial charge in [-0.05, 0) is 36.0 Å². The predicted octanol–water partition coefficient (Wildman–Crippen LogP) is 5.67. The van der Waals surface area contributed by atoms with Gasteiger partial charge in [-0.3, -0.25) is 4.79 Å². The Balaban J connectivity index is 0.00000300. The molecule has 0 spiro atoms. The van der Waals surface area contributed by atoms with E-state index in [1.807, 2.05) is 25.1 Å². The molecule has 1 aromatic heterocycles. The summed E-state index contributed by atoms with van der Waals surface area (Å²) < 4.78 is 0. The number of halogens is 1. The molecule has 3 nitrogen and oxygen atoms in total. The fourth-order valence-corrected chi connectivity index (χ4v) is 3.44. The Morgan fingerprint density at radius 3 is 2.21 bits per heavy atom. The van der Waals surface area contributed by atoms with Crippen LogP contribution in [-0.2, 0) is 18.5 Å². The second-order valence-corrected chi connectivity index (χ2v) is 8.52. The Morgan fingerprint density at radius 1 is 0.931 bits per heavy atom. The SMILES string of the molecule is Cc1cc(C(C)(C)C)ccc1-c1cc(=O)c(CNCc2ccccc2)c(C)[nH]1.Cl. The Hall–Kier alpha value is -2.36. The highest BCUT2D eigenvalue weighted by molar-refractivity contribution is 5.85. The molecule has 0 saturated heterocycles. The molecule has 29 heavy (non-hydrogen) atoms. The maximum atomic E-state index is 12.8. The zero-order chi connectivity index (χ0) is 20.3. The molecule has 1 heterocycles. The van der Waals surface area contributed by atoms with Crippen LogP contribution in [-0.4, -0.2) is 4.98 Å². The standard InChI is InChI=1S/C25H30N2O.ClH/c1-17-13-20(25(3,4)5)11-12-21(17)23-14-24(28)22(18(2)27-23)16-26-15-19-9-7-6-8-10-19;/h6-14,26H,15-16H2,1-5H3,(H,27,28);1H. The molecule has 3 aromatic rings. The van der Waals surface area contributed by atoms with Gasteiger partial charge in [-0.1, -0.05) is 69.3 Å². The lowest BCUT2D eigenvalue weighted by atomic mass is 9.85. The van der Waals surface area contributed by atoms with Crippen LogP contribution in [0.1, 0.15) is 48.7 Å². The minimum Gasteiger partial charge on any atom is -0.358 e. The van der Waals surface area contributed by atoms with Crippen molar-refractivity contribution in [2.45, 2.75) is 53.1 Å². The molecule has 4 heteroatoms. The average molecular weight is 411 g/mol. The van der Waals surface area contributed by atoms with Gasteiger partial charge in [0.25, 0.3) is 0 Å². The van der Waals surface area contributed by atoms with Crippen molar-refractivity contribution in [3.8, 4) is 11.3 Å². The zero-order valence-corrected chi connectivity index (χ0v) is 18.7. The second kappa shape index (κ2) is 9.43. The highest BCUT2D eigenvalue weighted by Gasteiger charge is 2.16. The van der Waals surface area contributed by atoms with Gasteiger partial charge < -0.3 is 10.3 Å². The monoisotopic (exact) mass is 410 g/mol. The van der Waals surface area contributed by atoms with Crippen LogP contribution in [0.3, 0.4) is 0 Å². The number of hydrogen-bond acceptors (Lipinski definition) is 2. The van der Waals surface area contributed by atoms with E-state index in [0.29, 0.717) is 6.54 Å². The lowest BCUT2D eigenvalue weighted by Gasteiger charge is -2.21. The maximum absolute atomic E-state index is 12.8. The van der Waals surface area contributed by atoms with Gasteiger partial charge in [-0.25, -0.2) is 0 Å². The smallest absolute Gasteiger partial charge is 0.186 e. The van der Waals surface area contributed by atoms with E-state index in [1.54, 1.807) is 6.07 Å². The van der Waals surface area contributed by atoms with Gasteiger partial charge >= 0.3 is 0 Å². The Kier molecular flexibility index (Phi) is 7.45. The van der Waals surface area contributed by atoms with E-state index in [4.69, 9.17) is 0 Å².